The lowest BCUT2D eigenvalue weighted by atomic mass is 10.1. The van der Waals surface area contributed by atoms with Crippen LogP contribution in [0.1, 0.15) is 19.8 Å². The molecule has 35 heavy (non-hydrogen) atoms. The molecule has 188 valence electrons. The van der Waals surface area contributed by atoms with E-state index in [1.165, 1.54) is 50.2 Å². The summed E-state index contributed by atoms with van der Waals surface area (Å²) in [6, 6.07) is 7.48. The number of hydrogen-bond donors (Lipinski definition) is 1. The molecule has 0 saturated carbocycles. The second-order valence-electron chi connectivity index (χ2n) is 8.21. The van der Waals surface area contributed by atoms with Gasteiger partial charge in [-0.25, -0.2) is 22.4 Å². The average molecular weight is 508 g/mol. The number of ether oxygens (including phenoxy) is 1. The van der Waals surface area contributed by atoms with Gasteiger partial charge < -0.3 is 14.7 Å². The first-order valence-electron chi connectivity index (χ1n) is 10.8. The van der Waals surface area contributed by atoms with E-state index in [1.807, 2.05) is 0 Å². The van der Waals surface area contributed by atoms with E-state index < -0.39 is 45.9 Å². The Kier molecular flexibility index (Phi) is 7.76. The van der Waals surface area contributed by atoms with Crippen molar-refractivity contribution in [2.24, 2.45) is 0 Å². The van der Waals surface area contributed by atoms with Gasteiger partial charge in [0.1, 0.15) is 23.7 Å². The van der Waals surface area contributed by atoms with E-state index in [2.05, 4.69) is 0 Å². The fourth-order valence-corrected chi connectivity index (χ4v) is 5.35. The highest BCUT2D eigenvalue weighted by Gasteiger charge is 2.43. The number of anilines is 1. The SMILES string of the molecule is C[C@@H](C(=O)O)N(C(=O)[C@@H]1CCCN1S(=O)(=O)c1ccc(F)cc1)c1ccc(OC(=O)N(C)C)cc1. The van der Waals surface area contributed by atoms with Gasteiger partial charge in [0.25, 0.3) is 0 Å². The summed E-state index contributed by atoms with van der Waals surface area (Å²) < 4.78 is 45.9. The van der Waals surface area contributed by atoms with Gasteiger partial charge in [-0.3, -0.25) is 9.69 Å². The minimum atomic E-state index is -4.13. The number of carboxylic acid groups (broad SMARTS) is 1. The molecular formula is C23H26FN3O7S. The Hall–Kier alpha value is -3.51. The maximum Gasteiger partial charge on any atom is 0.414 e. The van der Waals surface area contributed by atoms with Crippen LogP contribution in [0.3, 0.4) is 0 Å². The van der Waals surface area contributed by atoms with Gasteiger partial charge in [-0.15, -0.1) is 0 Å². The number of amides is 2. The zero-order valence-corrected chi connectivity index (χ0v) is 20.2. The van der Waals surface area contributed by atoms with E-state index in [-0.39, 0.29) is 29.3 Å². The van der Waals surface area contributed by atoms with Crippen LogP contribution in [-0.2, 0) is 19.6 Å². The topological polar surface area (TPSA) is 125 Å². The molecule has 1 fully saturated rings. The number of carbonyl (C=O) groups excluding carboxylic acids is 2. The summed E-state index contributed by atoms with van der Waals surface area (Å²) in [7, 11) is -1.10. The zero-order chi connectivity index (χ0) is 25.9. The highest BCUT2D eigenvalue weighted by molar-refractivity contribution is 7.89. The molecule has 0 aromatic heterocycles. The fraction of sp³-hybridized carbons (Fsp3) is 0.348. The van der Waals surface area contributed by atoms with E-state index in [9.17, 15) is 32.3 Å². The van der Waals surface area contributed by atoms with Gasteiger partial charge in [0.2, 0.25) is 15.9 Å². The number of benzene rings is 2. The summed E-state index contributed by atoms with van der Waals surface area (Å²) >= 11 is 0. The first kappa shape index (κ1) is 26.1. The maximum atomic E-state index is 13.6. The van der Waals surface area contributed by atoms with Crippen LogP contribution in [0.2, 0.25) is 0 Å². The first-order chi connectivity index (χ1) is 16.4. The molecule has 12 heteroatoms. The predicted molar refractivity (Wildman–Crippen MR) is 124 cm³/mol. The van der Waals surface area contributed by atoms with E-state index in [0.717, 1.165) is 33.5 Å². The maximum absolute atomic E-state index is 13.6. The Morgan fingerprint density at radius 3 is 2.23 bits per heavy atom. The quantitative estimate of drug-likeness (QED) is 0.611. The van der Waals surface area contributed by atoms with Crippen molar-refractivity contribution >= 4 is 33.7 Å². The Balaban J connectivity index is 1.93. The van der Waals surface area contributed by atoms with Crippen LogP contribution in [-0.4, -0.2) is 73.4 Å². The van der Waals surface area contributed by atoms with Crippen LogP contribution < -0.4 is 9.64 Å². The van der Waals surface area contributed by atoms with Crippen LogP contribution in [0.25, 0.3) is 0 Å². The Morgan fingerprint density at radius 2 is 1.69 bits per heavy atom. The lowest BCUT2D eigenvalue weighted by Gasteiger charge is -2.32. The molecule has 10 nitrogen and oxygen atoms in total. The van der Waals surface area contributed by atoms with Crippen molar-refractivity contribution in [1.82, 2.24) is 9.21 Å². The predicted octanol–water partition coefficient (Wildman–Crippen LogP) is 2.55. The molecule has 2 amide bonds. The number of carboxylic acids is 1. The summed E-state index contributed by atoms with van der Waals surface area (Å²) in [4.78, 5) is 39.2. The molecule has 0 aliphatic carbocycles. The number of nitrogens with zero attached hydrogens (tertiary/aromatic N) is 3. The molecule has 0 spiro atoms. The molecule has 0 radical (unpaired) electrons. The zero-order valence-electron chi connectivity index (χ0n) is 19.4. The van der Waals surface area contributed by atoms with Crippen molar-refractivity contribution in [1.29, 1.82) is 0 Å². The first-order valence-corrected chi connectivity index (χ1v) is 12.2. The third kappa shape index (κ3) is 5.60. The van der Waals surface area contributed by atoms with Crippen LogP contribution in [0.5, 0.6) is 5.75 Å². The Bertz CT molecular complexity index is 1200. The summed E-state index contributed by atoms with van der Waals surface area (Å²) in [5.74, 6) is -2.41. The number of carbonyl (C=O) groups is 3. The summed E-state index contributed by atoms with van der Waals surface area (Å²) in [5.41, 5.74) is 0.195. The molecule has 1 heterocycles. The highest BCUT2D eigenvalue weighted by atomic mass is 32.2. The minimum Gasteiger partial charge on any atom is -0.480 e. The Morgan fingerprint density at radius 1 is 1.09 bits per heavy atom. The number of hydrogen-bond acceptors (Lipinski definition) is 6. The third-order valence-electron chi connectivity index (χ3n) is 5.58. The molecule has 0 unspecified atom stereocenters. The summed E-state index contributed by atoms with van der Waals surface area (Å²) in [5, 5.41) is 9.63. The fourth-order valence-electron chi connectivity index (χ4n) is 3.70. The van der Waals surface area contributed by atoms with Crippen LogP contribution >= 0.6 is 0 Å². The second kappa shape index (κ2) is 10.4. The van der Waals surface area contributed by atoms with E-state index in [0.29, 0.717) is 6.42 Å². The Labute approximate surface area is 202 Å². The molecule has 1 N–H and O–H groups in total. The van der Waals surface area contributed by atoms with Gasteiger partial charge >= 0.3 is 12.1 Å². The van der Waals surface area contributed by atoms with Crippen molar-refractivity contribution in [2.45, 2.75) is 36.7 Å². The van der Waals surface area contributed by atoms with E-state index in [1.54, 1.807) is 0 Å². The van der Waals surface area contributed by atoms with Crippen molar-refractivity contribution in [3.63, 3.8) is 0 Å². The molecular weight excluding hydrogens is 481 g/mol. The highest BCUT2D eigenvalue weighted by Crippen LogP contribution is 2.30. The third-order valence-corrected chi connectivity index (χ3v) is 7.50. The molecule has 0 bridgehead atoms. The lowest BCUT2D eigenvalue weighted by molar-refractivity contribution is -0.140. The van der Waals surface area contributed by atoms with Gasteiger partial charge in [-0.2, -0.15) is 4.31 Å². The monoisotopic (exact) mass is 507 g/mol. The smallest absolute Gasteiger partial charge is 0.414 e. The standard InChI is InChI=1S/C23H26FN3O7S/c1-15(22(29)30)27(17-8-10-18(11-9-17)34-23(31)25(2)3)21(28)20-5-4-14-26(20)35(32,33)19-12-6-16(24)7-13-19/h6-13,15,20H,4-5,14H2,1-3H3,(H,29,30)/t15-,20-/m0/s1. The largest absolute Gasteiger partial charge is 0.480 e. The number of aliphatic carboxylic acids is 1. The molecule has 1 aliphatic rings. The van der Waals surface area contributed by atoms with Gasteiger partial charge in [0.05, 0.1) is 4.90 Å². The number of rotatable bonds is 7. The molecule has 2 aromatic carbocycles. The van der Waals surface area contributed by atoms with Crippen molar-refractivity contribution < 1.29 is 37.0 Å². The van der Waals surface area contributed by atoms with E-state index >= 15 is 0 Å². The van der Waals surface area contributed by atoms with Gasteiger partial charge in [-0.1, -0.05) is 0 Å². The average Bonchev–Trinajstić information content (AvgIpc) is 3.31. The lowest BCUT2D eigenvalue weighted by Crippen LogP contribution is -2.52. The van der Waals surface area contributed by atoms with Gasteiger partial charge in [-0.05, 0) is 68.3 Å². The molecule has 3 rings (SSSR count). The minimum absolute atomic E-state index is 0.0604. The second-order valence-corrected chi connectivity index (χ2v) is 10.1. The van der Waals surface area contributed by atoms with Gasteiger partial charge in [0.15, 0.2) is 0 Å². The van der Waals surface area contributed by atoms with Crippen LogP contribution in [0.4, 0.5) is 14.9 Å². The normalized spacial score (nSPS) is 17.0. The summed E-state index contributed by atoms with van der Waals surface area (Å²) in [6.07, 6.45) is -0.0243. The number of halogens is 1. The molecule has 1 aliphatic heterocycles. The van der Waals surface area contributed by atoms with Crippen molar-refractivity contribution in [3.8, 4) is 5.75 Å². The van der Waals surface area contributed by atoms with Gasteiger partial charge in [0, 0.05) is 26.3 Å². The van der Waals surface area contributed by atoms with Crippen molar-refractivity contribution in [3.05, 3.63) is 54.3 Å². The van der Waals surface area contributed by atoms with Crippen LogP contribution in [0, 0.1) is 5.82 Å². The van der Waals surface area contributed by atoms with Crippen molar-refractivity contribution in [2.75, 3.05) is 25.5 Å². The van der Waals surface area contributed by atoms with Crippen LogP contribution in [0.15, 0.2) is 53.4 Å². The van der Waals surface area contributed by atoms with E-state index in [4.69, 9.17) is 4.74 Å². The molecule has 2 atom stereocenters. The molecule has 2 aromatic rings. The summed E-state index contributed by atoms with van der Waals surface area (Å²) in [6.45, 7) is 1.37. The number of sulfonamides is 1. The molecule has 1 saturated heterocycles.